The Morgan fingerprint density at radius 2 is 1.89 bits per heavy atom. The molecule has 1 rings (SSSR count). The Labute approximate surface area is 111 Å². The molecule has 0 heterocycles. The molecule has 7 nitrogen and oxygen atoms in total. The van der Waals surface area contributed by atoms with Crippen LogP contribution in [-0.4, -0.2) is 20.3 Å². The zero-order valence-corrected chi connectivity index (χ0v) is 11.5. The largest absolute Gasteiger partial charge is 0.370 e. The van der Waals surface area contributed by atoms with Crippen molar-refractivity contribution in [1.29, 1.82) is 0 Å². The standard InChI is InChI=1S/C11H16N4O3S/c1-3-7-4-6(2)9(19(14,17)18)5-8(7)10(16)15-11(12)13/h4-5H,3H2,1-2H3,(H2,14,17,18)(H4,12,13,15,16). The normalized spacial score (nSPS) is 11.1. The molecule has 0 unspecified atom stereocenters. The lowest BCUT2D eigenvalue weighted by Crippen LogP contribution is -2.24. The van der Waals surface area contributed by atoms with Gasteiger partial charge in [-0.2, -0.15) is 4.99 Å². The SMILES string of the molecule is CCc1cc(C)c(S(N)(=O)=O)cc1C(=O)N=C(N)N. The van der Waals surface area contributed by atoms with E-state index < -0.39 is 15.9 Å². The zero-order valence-electron chi connectivity index (χ0n) is 10.7. The summed E-state index contributed by atoms with van der Waals surface area (Å²) in [5.41, 5.74) is 11.5. The third-order valence-corrected chi connectivity index (χ3v) is 3.60. The maximum Gasteiger partial charge on any atom is 0.280 e. The van der Waals surface area contributed by atoms with Crippen LogP contribution in [0, 0.1) is 6.92 Å². The first-order valence-electron chi connectivity index (χ1n) is 5.47. The second kappa shape index (κ2) is 5.37. The minimum absolute atomic E-state index is 0.112. The maximum atomic E-state index is 11.8. The number of carbonyl (C=O) groups is 1. The summed E-state index contributed by atoms with van der Waals surface area (Å²) in [6, 6.07) is 2.80. The summed E-state index contributed by atoms with van der Waals surface area (Å²) in [6.45, 7) is 3.44. The Hall–Kier alpha value is -1.93. The Kier molecular flexibility index (Phi) is 4.28. The molecule has 0 bridgehead atoms. The summed E-state index contributed by atoms with van der Waals surface area (Å²) < 4.78 is 22.9. The van der Waals surface area contributed by atoms with E-state index >= 15 is 0 Å². The zero-order chi connectivity index (χ0) is 14.8. The summed E-state index contributed by atoms with van der Waals surface area (Å²) >= 11 is 0. The van der Waals surface area contributed by atoms with Crippen molar-refractivity contribution in [3.8, 4) is 0 Å². The quantitative estimate of drug-likeness (QED) is 0.512. The van der Waals surface area contributed by atoms with Gasteiger partial charge in [0.05, 0.1) is 4.90 Å². The number of sulfonamides is 1. The fourth-order valence-corrected chi connectivity index (χ4v) is 2.51. The van der Waals surface area contributed by atoms with Crippen molar-refractivity contribution in [2.75, 3.05) is 0 Å². The summed E-state index contributed by atoms with van der Waals surface area (Å²) in [4.78, 5) is 15.1. The van der Waals surface area contributed by atoms with Crippen LogP contribution in [0.25, 0.3) is 0 Å². The van der Waals surface area contributed by atoms with Crippen LogP contribution in [0.5, 0.6) is 0 Å². The Balaban J connectivity index is 3.55. The highest BCUT2D eigenvalue weighted by Crippen LogP contribution is 2.21. The first-order valence-corrected chi connectivity index (χ1v) is 7.01. The van der Waals surface area contributed by atoms with Gasteiger partial charge in [-0.3, -0.25) is 4.79 Å². The topological polar surface area (TPSA) is 142 Å². The second-order valence-electron chi connectivity index (χ2n) is 4.02. The number of benzene rings is 1. The van der Waals surface area contributed by atoms with E-state index in [1.54, 1.807) is 13.0 Å². The minimum atomic E-state index is -3.91. The van der Waals surface area contributed by atoms with E-state index in [1.807, 2.05) is 6.92 Å². The highest BCUT2D eigenvalue weighted by Gasteiger charge is 2.18. The summed E-state index contributed by atoms with van der Waals surface area (Å²) in [5.74, 6) is -1.08. The van der Waals surface area contributed by atoms with Gasteiger partial charge in [-0.1, -0.05) is 13.0 Å². The van der Waals surface area contributed by atoms with Crippen LogP contribution in [0.4, 0.5) is 0 Å². The number of rotatable bonds is 3. The Bertz CT molecular complexity index is 646. The molecule has 0 radical (unpaired) electrons. The summed E-state index contributed by atoms with van der Waals surface area (Å²) in [5, 5.41) is 5.10. The van der Waals surface area contributed by atoms with Crippen molar-refractivity contribution in [2.24, 2.45) is 21.6 Å². The molecule has 8 heteroatoms. The van der Waals surface area contributed by atoms with E-state index in [4.69, 9.17) is 16.6 Å². The molecule has 0 atom stereocenters. The van der Waals surface area contributed by atoms with E-state index in [0.29, 0.717) is 17.5 Å². The average Bonchev–Trinajstić information content (AvgIpc) is 2.25. The molecule has 0 aliphatic rings. The van der Waals surface area contributed by atoms with Crippen molar-refractivity contribution in [2.45, 2.75) is 25.2 Å². The van der Waals surface area contributed by atoms with Crippen LogP contribution < -0.4 is 16.6 Å². The van der Waals surface area contributed by atoms with E-state index in [1.165, 1.54) is 6.07 Å². The van der Waals surface area contributed by atoms with Crippen LogP contribution in [-0.2, 0) is 16.4 Å². The van der Waals surface area contributed by atoms with Crippen molar-refractivity contribution in [3.63, 3.8) is 0 Å². The van der Waals surface area contributed by atoms with Crippen LogP contribution in [0.15, 0.2) is 22.0 Å². The third kappa shape index (κ3) is 3.52. The Morgan fingerprint density at radius 1 is 1.32 bits per heavy atom. The molecule has 0 spiro atoms. The van der Waals surface area contributed by atoms with E-state index in [-0.39, 0.29) is 16.4 Å². The lowest BCUT2D eigenvalue weighted by Gasteiger charge is -2.10. The van der Waals surface area contributed by atoms with Gasteiger partial charge in [-0.05, 0) is 30.5 Å². The summed E-state index contributed by atoms with van der Waals surface area (Å²) in [7, 11) is -3.91. The molecule has 0 aliphatic heterocycles. The monoisotopic (exact) mass is 284 g/mol. The molecule has 6 N–H and O–H groups in total. The Morgan fingerprint density at radius 3 is 2.32 bits per heavy atom. The van der Waals surface area contributed by atoms with Crippen LogP contribution in [0.2, 0.25) is 0 Å². The molecule has 1 amide bonds. The molecule has 1 aromatic rings. The molecule has 0 saturated heterocycles. The highest BCUT2D eigenvalue weighted by molar-refractivity contribution is 7.89. The smallest absolute Gasteiger partial charge is 0.280 e. The molecule has 104 valence electrons. The van der Waals surface area contributed by atoms with Crippen molar-refractivity contribution >= 4 is 21.9 Å². The van der Waals surface area contributed by atoms with Gasteiger partial charge in [-0.15, -0.1) is 0 Å². The number of primary sulfonamides is 1. The van der Waals surface area contributed by atoms with Gasteiger partial charge >= 0.3 is 0 Å². The number of nitrogens with zero attached hydrogens (tertiary/aromatic N) is 1. The molecule has 0 aromatic heterocycles. The molecule has 19 heavy (non-hydrogen) atoms. The van der Waals surface area contributed by atoms with E-state index in [9.17, 15) is 13.2 Å². The molecule has 1 aromatic carbocycles. The van der Waals surface area contributed by atoms with Gasteiger partial charge < -0.3 is 11.5 Å². The number of hydrogen-bond acceptors (Lipinski definition) is 3. The minimum Gasteiger partial charge on any atom is -0.370 e. The maximum absolute atomic E-state index is 11.8. The van der Waals surface area contributed by atoms with E-state index in [0.717, 1.165) is 0 Å². The van der Waals surface area contributed by atoms with Gasteiger partial charge in [0.2, 0.25) is 10.0 Å². The highest BCUT2D eigenvalue weighted by atomic mass is 32.2. The number of aryl methyl sites for hydroxylation is 2. The second-order valence-corrected chi connectivity index (χ2v) is 5.55. The van der Waals surface area contributed by atoms with Crippen LogP contribution >= 0.6 is 0 Å². The molecule has 0 saturated carbocycles. The lowest BCUT2D eigenvalue weighted by atomic mass is 10.0. The fourth-order valence-electron chi connectivity index (χ4n) is 1.72. The first kappa shape index (κ1) is 15.1. The van der Waals surface area contributed by atoms with Gasteiger partial charge in [0.1, 0.15) is 0 Å². The predicted molar refractivity (Wildman–Crippen MR) is 72.1 cm³/mol. The van der Waals surface area contributed by atoms with Crippen molar-refractivity contribution in [1.82, 2.24) is 0 Å². The molecular weight excluding hydrogens is 268 g/mol. The van der Waals surface area contributed by atoms with Crippen LogP contribution in [0.3, 0.4) is 0 Å². The van der Waals surface area contributed by atoms with Gasteiger partial charge in [0, 0.05) is 5.56 Å². The lowest BCUT2D eigenvalue weighted by molar-refractivity contribution is 0.100. The van der Waals surface area contributed by atoms with E-state index in [2.05, 4.69) is 4.99 Å². The first-order chi connectivity index (χ1) is 8.66. The number of amides is 1. The molecular formula is C11H16N4O3S. The van der Waals surface area contributed by atoms with Crippen LogP contribution in [0.1, 0.15) is 28.4 Å². The number of hydrogen-bond donors (Lipinski definition) is 3. The average molecular weight is 284 g/mol. The third-order valence-electron chi connectivity index (χ3n) is 2.55. The van der Waals surface area contributed by atoms with Gasteiger partial charge in [-0.25, -0.2) is 13.6 Å². The number of guanidine groups is 1. The van der Waals surface area contributed by atoms with Gasteiger partial charge in [0.25, 0.3) is 5.91 Å². The van der Waals surface area contributed by atoms with Gasteiger partial charge in [0.15, 0.2) is 5.96 Å². The fraction of sp³-hybridized carbons (Fsp3) is 0.273. The van der Waals surface area contributed by atoms with Crippen molar-refractivity contribution in [3.05, 3.63) is 28.8 Å². The summed E-state index contributed by atoms with van der Waals surface area (Å²) in [6.07, 6.45) is 0.535. The predicted octanol–water partition coefficient (Wildman–Crippen LogP) is -0.382. The molecule has 0 fully saturated rings. The van der Waals surface area contributed by atoms with Crippen molar-refractivity contribution < 1.29 is 13.2 Å². The molecule has 0 aliphatic carbocycles. The number of aliphatic imine (C=N–C) groups is 1. The number of nitrogens with two attached hydrogens (primary N) is 3. The number of carbonyl (C=O) groups excluding carboxylic acids is 1.